The van der Waals surface area contributed by atoms with Gasteiger partial charge in [0.05, 0.1) is 0 Å². The highest BCUT2D eigenvalue weighted by Gasteiger charge is 2.39. The Morgan fingerprint density at radius 2 is 1.27 bits per heavy atom. The summed E-state index contributed by atoms with van der Waals surface area (Å²) in [5, 5.41) is 15.8. The van der Waals surface area contributed by atoms with E-state index in [2.05, 4.69) is 17.6 Å². The quantitative estimate of drug-likeness (QED) is 0.0876. The third kappa shape index (κ3) is 15.1. The summed E-state index contributed by atoms with van der Waals surface area (Å²) in [5.74, 6) is -1.54. The fraction of sp³-hybridized carbons (Fsp3) is 0.511. The second kappa shape index (κ2) is 20.7. The Morgan fingerprint density at radius 1 is 0.691 bits per heavy atom. The van der Waals surface area contributed by atoms with E-state index in [0.29, 0.717) is 17.5 Å². The number of phenolic OH excluding ortho intramolecular Hbond substituents is 1. The summed E-state index contributed by atoms with van der Waals surface area (Å²) >= 11 is 0. The van der Waals surface area contributed by atoms with Crippen molar-refractivity contribution in [2.45, 2.75) is 143 Å². The van der Waals surface area contributed by atoms with Crippen LogP contribution in [0.5, 0.6) is 5.75 Å². The van der Waals surface area contributed by atoms with Crippen LogP contribution in [0, 0.1) is 13.8 Å². The molecule has 0 bridgehead atoms. The molecule has 3 atom stereocenters. The van der Waals surface area contributed by atoms with Gasteiger partial charge in [0.25, 0.3) is 0 Å². The van der Waals surface area contributed by atoms with E-state index in [9.17, 15) is 19.5 Å². The third-order valence-corrected chi connectivity index (χ3v) is 9.19. The van der Waals surface area contributed by atoms with Gasteiger partial charge in [0.2, 0.25) is 11.8 Å². The van der Waals surface area contributed by atoms with Gasteiger partial charge in [-0.2, -0.15) is 0 Å². The van der Waals surface area contributed by atoms with Crippen LogP contribution in [0.1, 0.15) is 121 Å². The largest absolute Gasteiger partial charge is 0.508 e. The first-order chi connectivity index (χ1) is 25.9. The van der Waals surface area contributed by atoms with Gasteiger partial charge in [0.15, 0.2) is 0 Å². The Balaban J connectivity index is 2.17. The molecule has 0 aliphatic rings. The Kier molecular flexibility index (Phi) is 16.8. The van der Waals surface area contributed by atoms with Crippen molar-refractivity contribution in [3.05, 3.63) is 101 Å². The number of esters is 1. The number of hydrogen-bond acceptors (Lipinski definition) is 7. The van der Waals surface area contributed by atoms with Crippen LogP contribution in [0.3, 0.4) is 0 Å². The monoisotopic (exact) mass is 757 g/mol. The summed E-state index contributed by atoms with van der Waals surface area (Å²) in [6.07, 6.45) is 5.16. The normalized spacial score (nSPS) is 13.3. The van der Waals surface area contributed by atoms with Gasteiger partial charge in [-0.3, -0.25) is 9.59 Å². The number of carbonyl (C=O) groups is 4. The fourth-order valence-electron chi connectivity index (χ4n) is 6.33. The van der Waals surface area contributed by atoms with Crippen LogP contribution < -0.4 is 10.6 Å². The molecule has 0 radical (unpaired) electrons. The van der Waals surface area contributed by atoms with E-state index in [0.717, 1.165) is 48.8 Å². The number of nitrogens with one attached hydrogen (secondary N) is 2. The van der Waals surface area contributed by atoms with Gasteiger partial charge in [0, 0.05) is 19.4 Å². The number of carbonyl (C=O) groups excluding carboxylic acids is 4. The average molecular weight is 758 g/mol. The number of rotatable bonds is 18. The number of nitrogens with zero attached hydrogens (tertiary/aromatic N) is 1. The van der Waals surface area contributed by atoms with Crippen molar-refractivity contribution < 1.29 is 33.8 Å². The highest BCUT2D eigenvalue weighted by molar-refractivity contribution is 5.94. The Labute approximate surface area is 328 Å². The standard InChI is InChI=1S/C45H63N3O7/c1-10-11-12-13-14-18-28-48(41(51)37(47-43(53)55-45(7,8)9)29-34-24-26-35(49)27-25-34)39(36-23-19-20-31(2)32(36)3)40(50)46-38(42(52)54-44(4,5)6)30-33-21-16-15-17-22-33/h15-17,19-27,37-39,49H,10-14,18,28-30H2,1-9H3,(H,46,50)(H,47,53). The summed E-state index contributed by atoms with van der Waals surface area (Å²) in [6, 6.07) is 18.1. The number of ether oxygens (including phenoxy) is 2. The molecule has 0 saturated carbocycles. The number of unbranched alkanes of at least 4 members (excludes halogenated alkanes) is 5. The Morgan fingerprint density at radius 3 is 1.89 bits per heavy atom. The molecule has 3 rings (SSSR count). The highest BCUT2D eigenvalue weighted by atomic mass is 16.6. The lowest BCUT2D eigenvalue weighted by Crippen LogP contribution is -2.55. The van der Waals surface area contributed by atoms with Gasteiger partial charge in [0.1, 0.15) is 35.1 Å². The molecule has 10 nitrogen and oxygen atoms in total. The molecule has 3 aromatic rings. The molecule has 3 unspecified atom stereocenters. The van der Waals surface area contributed by atoms with Gasteiger partial charge in [-0.15, -0.1) is 0 Å². The number of hydrogen-bond donors (Lipinski definition) is 3. The second-order valence-electron chi connectivity index (χ2n) is 16.3. The van der Waals surface area contributed by atoms with E-state index in [1.54, 1.807) is 58.6 Å². The maximum absolute atomic E-state index is 15.1. The lowest BCUT2D eigenvalue weighted by Gasteiger charge is -2.36. The molecular weight excluding hydrogens is 695 g/mol. The molecule has 55 heavy (non-hydrogen) atoms. The van der Waals surface area contributed by atoms with E-state index in [4.69, 9.17) is 9.47 Å². The SMILES string of the molecule is CCCCCCCCN(C(=O)C(Cc1ccc(O)cc1)NC(=O)OC(C)(C)C)C(C(=O)NC(Cc1ccccc1)C(=O)OC(C)(C)C)c1cccc(C)c1C. The van der Waals surface area contributed by atoms with Crippen molar-refractivity contribution in [1.82, 2.24) is 15.5 Å². The lowest BCUT2D eigenvalue weighted by atomic mass is 9.93. The number of phenols is 1. The van der Waals surface area contributed by atoms with E-state index in [-0.39, 0.29) is 25.1 Å². The van der Waals surface area contributed by atoms with Crippen LogP contribution in [0.4, 0.5) is 4.79 Å². The first-order valence-corrected chi connectivity index (χ1v) is 19.6. The number of benzene rings is 3. The van der Waals surface area contributed by atoms with Crippen molar-refractivity contribution in [3.63, 3.8) is 0 Å². The van der Waals surface area contributed by atoms with Crippen molar-refractivity contribution >= 4 is 23.9 Å². The molecule has 0 aromatic heterocycles. The summed E-state index contributed by atoms with van der Waals surface area (Å²) in [7, 11) is 0. The van der Waals surface area contributed by atoms with Crippen molar-refractivity contribution in [1.29, 1.82) is 0 Å². The zero-order valence-electron chi connectivity index (χ0n) is 34.4. The van der Waals surface area contributed by atoms with Gasteiger partial charge in [-0.05, 0) is 102 Å². The van der Waals surface area contributed by atoms with Gasteiger partial charge in [-0.1, -0.05) is 99.7 Å². The maximum atomic E-state index is 15.1. The van der Waals surface area contributed by atoms with Crippen molar-refractivity contribution in [3.8, 4) is 5.75 Å². The number of alkyl carbamates (subject to hydrolysis) is 1. The van der Waals surface area contributed by atoms with E-state index < -0.39 is 53.2 Å². The van der Waals surface area contributed by atoms with Crippen LogP contribution in [-0.2, 0) is 36.7 Å². The molecular formula is C45H63N3O7. The predicted octanol–water partition coefficient (Wildman–Crippen LogP) is 8.44. The first kappa shape index (κ1) is 44.5. The highest BCUT2D eigenvalue weighted by Crippen LogP contribution is 2.29. The second-order valence-corrected chi connectivity index (χ2v) is 16.3. The lowest BCUT2D eigenvalue weighted by molar-refractivity contribution is -0.159. The average Bonchev–Trinajstić information content (AvgIpc) is 3.09. The molecule has 0 aliphatic carbocycles. The molecule has 0 saturated heterocycles. The van der Waals surface area contributed by atoms with E-state index >= 15 is 4.79 Å². The van der Waals surface area contributed by atoms with Crippen LogP contribution in [0.2, 0.25) is 0 Å². The van der Waals surface area contributed by atoms with Crippen LogP contribution in [0.15, 0.2) is 72.8 Å². The minimum Gasteiger partial charge on any atom is -0.508 e. The van der Waals surface area contributed by atoms with Crippen molar-refractivity contribution in [2.75, 3.05) is 6.54 Å². The number of amides is 3. The van der Waals surface area contributed by atoms with Gasteiger partial charge < -0.3 is 30.1 Å². The molecule has 0 fully saturated rings. The molecule has 0 heterocycles. The van der Waals surface area contributed by atoms with Crippen LogP contribution in [-0.4, -0.2) is 63.7 Å². The Bertz CT molecular complexity index is 1690. The molecule has 0 spiro atoms. The van der Waals surface area contributed by atoms with Crippen LogP contribution >= 0.6 is 0 Å². The molecule has 3 amide bonds. The summed E-state index contributed by atoms with van der Waals surface area (Å²) in [6.45, 7) is 16.8. The fourth-order valence-corrected chi connectivity index (χ4v) is 6.33. The zero-order valence-corrected chi connectivity index (χ0v) is 34.4. The summed E-state index contributed by atoms with van der Waals surface area (Å²) in [5.41, 5.74) is 2.26. The van der Waals surface area contributed by atoms with Crippen LogP contribution in [0.25, 0.3) is 0 Å². The van der Waals surface area contributed by atoms with E-state index in [1.807, 2.05) is 62.4 Å². The first-order valence-electron chi connectivity index (χ1n) is 19.6. The number of aromatic hydroxyl groups is 1. The minimum atomic E-state index is -1.16. The van der Waals surface area contributed by atoms with Crippen molar-refractivity contribution in [2.24, 2.45) is 0 Å². The molecule has 3 N–H and O–H groups in total. The number of aryl methyl sites for hydroxylation is 1. The third-order valence-electron chi connectivity index (χ3n) is 9.19. The minimum absolute atomic E-state index is 0.0677. The maximum Gasteiger partial charge on any atom is 0.408 e. The Hall–Kier alpha value is -4.86. The summed E-state index contributed by atoms with van der Waals surface area (Å²) < 4.78 is 11.4. The zero-order chi connectivity index (χ0) is 40.8. The molecule has 3 aromatic carbocycles. The molecule has 300 valence electrons. The van der Waals surface area contributed by atoms with Gasteiger partial charge >= 0.3 is 12.1 Å². The predicted molar refractivity (Wildman–Crippen MR) is 217 cm³/mol. The van der Waals surface area contributed by atoms with E-state index in [1.165, 1.54) is 12.1 Å². The smallest absolute Gasteiger partial charge is 0.408 e. The summed E-state index contributed by atoms with van der Waals surface area (Å²) in [4.78, 5) is 58.7. The topological polar surface area (TPSA) is 134 Å². The molecule has 10 heteroatoms. The molecule has 0 aliphatic heterocycles. The van der Waals surface area contributed by atoms with Gasteiger partial charge in [-0.25, -0.2) is 9.59 Å².